The van der Waals surface area contributed by atoms with E-state index in [0.717, 1.165) is 19.3 Å². The second-order valence-electron chi connectivity index (χ2n) is 6.28. The van der Waals surface area contributed by atoms with Gasteiger partial charge in [0.15, 0.2) is 0 Å². The summed E-state index contributed by atoms with van der Waals surface area (Å²) in [6.07, 6.45) is 6.57. The smallest absolute Gasteiger partial charge is 0.333 e. The van der Waals surface area contributed by atoms with Gasteiger partial charge < -0.3 is 4.74 Å². The zero-order valence-corrected chi connectivity index (χ0v) is 13.2. The lowest BCUT2D eigenvalue weighted by Gasteiger charge is -2.51. The molecule has 0 spiro atoms. The fourth-order valence-electron chi connectivity index (χ4n) is 2.80. The molecule has 0 aliphatic heterocycles. The molecule has 1 fully saturated rings. The van der Waals surface area contributed by atoms with Gasteiger partial charge in [0.25, 0.3) is 0 Å². The molecule has 0 bridgehead atoms. The van der Waals surface area contributed by atoms with E-state index < -0.39 is 0 Å². The number of carbonyl (C=O) groups excluding carboxylic acids is 1. The first-order chi connectivity index (χ1) is 8.24. The summed E-state index contributed by atoms with van der Waals surface area (Å²) in [7, 11) is 0. The van der Waals surface area contributed by atoms with Crippen LogP contribution >= 0.6 is 11.8 Å². The minimum Gasteiger partial charge on any atom is -0.454 e. The Morgan fingerprint density at radius 3 is 2.44 bits per heavy atom. The Morgan fingerprint density at radius 2 is 2.00 bits per heavy atom. The number of hydrogen-bond acceptors (Lipinski definition) is 3. The van der Waals surface area contributed by atoms with E-state index in [9.17, 15) is 4.79 Å². The van der Waals surface area contributed by atoms with Gasteiger partial charge >= 0.3 is 5.97 Å². The van der Waals surface area contributed by atoms with Crippen LogP contribution in [0, 0.1) is 5.41 Å². The maximum absolute atomic E-state index is 12.0. The normalized spacial score (nSPS) is 28.8. The lowest BCUT2D eigenvalue weighted by atomic mass is 9.67. The van der Waals surface area contributed by atoms with E-state index in [0.29, 0.717) is 10.8 Å². The molecule has 18 heavy (non-hydrogen) atoms. The molecule has 0 heterocycles. The third kappa shape index (κ3) is 2.93. The number of hydrogen-bond donors (Lipinski definition) is 0. The Morgan fingerprint density at radius 1 is 1.39 bits per heavy atom. The van der Waals surface area contributed by atoms with Crippen LogP contribution in [0.4, 0.5) is 0 Å². The summed E-state index contributed by atoms with van der Waals surface area (Å²) >= 11 is 1.83. The molecule has 1 saturated carbocycles. The average Bonchev–Trinajstić information content (AvgIpc) is 2.27. The fraction of sp³-hybridized carbons (Fsp3) is 0.800. The van der Waals surface area contributed by atoms with Crippen LogP contribution in [-0.4, -0.2) is 23.1 Å². The van der Waals surface area contributed by atoms with Crippen molar-refractivity contribution in [2.45, 2.75) is 64.2 Å². The largest absolute Gasteiger partial charge is 0.454 e. The van der Waals surface area contributed by atoms with Gasteiger partial charge in [0.2, 0.25) is 0 Å². The molecule has 0 saturated heterocycles. The maximum Gasteiger partial charge on any atom is 0.333 e. The van der Waals surface area contributed by atoms with Crippen molar-refractivity contribution in [2.75, 3.05) is 6.26 Å². The fourth-order valence-corrected chi connectivity index (χ4v) is 4.10. The van der Waals surface area contributed by atoms with Gasteiger partial charge in [-0.15, -0.1) is 0 Å². The van der Waals surface area contributed by atoms with E-state index in [1.54, 1.807) is 6.92 Å². The molecule has 0 N–H and O–H groups in total. The first kappa shape index (κ1) is 15.6. The van der Waals surface area contributed by atoms with Crippen LogP contribution in [0.1, 0.15) is 53.4 Å². The van der Waals surface area contributed by atoms with Crippen molar-refractivity contribution in [2.24, 2.45) is 5.41 Å². The molecule has 2 nitrogen and oxygen atoms in total. The van der Waals surface area contributed by atoms with Crippen molar-refractivity contribution < 1.29 is 9.53 Å². The Bertz CT molecular complexity index is 330. The molecule has 0 amide bonds. The van der Waals surface area contributed by atoms with Gasteiger partial charge in [0.05, 0.1) is 0 Å². The van der Waals surface area contributed by atoms with Crippen LogP contribution in [0.2, 0.25) is 0 Å². The molecule has 0 aromatic carbocycles. The molecule has 104 valence electrons. The molecule has 0 aromatic heterocycles. The minimum absolute atomic E-state index is 0.0494. The number of ether oxygens (including phenoxy) is 1. The van der Waals surface area contributed by atoms with Crippen molar-refractivity contribution in [3.8, 4) is 0 Å². The summed E-state index contributed by atoms with van der Waals surface area (Å²) in [5.74, 6) is -0.245. The van der Waals surface area contributed by atoms with E-state index in [-0.39, 0.29) is 17.0 Å². The first-order valence-electron chi connectivity index (χ1n) is 6.66. The predicted molar refractivity (Wildman–Crippen MR) is 78.9 cm³/mol. The third-order valence-corrected chi connectivity index (χ3v) is 5.15. The van der Waals surface area contributed by atoms with E-state index in [2.05, 4.69) is 33.6 Å². The highest BCUT2D eigenvalue weighted by Gasteiger charge is 2.52. The summed E-state index contributed by atoms with van der Waals surface area (Å²) in [4.78, 5) is 12.0. The molecule has 0 radical (unpaired) electrons. The molecule has 1 aliphatic rings. The Labute approximate surface area is 116 Å². The van der Waals surface area contributed by atoms with Crippen LogP contribution in [0.5, 0.6) is 0 Å². The lowest BCUT2D eigenvalue weighted by Crippen LogP contribution is -2.56. The van der Waals surface area contributed by atoms with E-state index in [1.165, 1.54) is 6.42 Å². The highest BCUT2D eigenvalue weighted by atomic mass is 32.2. The Balaban J connectivity index is 3.08. The standard InChI is InChI=1S/C15H26O2S/c1-11(2)13(16)17-15(14(3,4)5)10-8-7-9-12(15)18-6/h12H,1,7-10H2,2-6H3. The summed E-state index contributed by atoms with van der Waals surface area (Å²) in [6.45, 7) is 11.9. The monoisotopic (exact) mass is 270 g/mol. The lowest BCUT2D eigenvalue weighted by molar-refractivity contribution is -0.173. The summed E-state index contributed by atoms with van der Waals surface area (Å²) < 4.78 is 5.95. The number of carbonyl (C=O) groups is 1. The topological polar surface area (TPSA) is 26.3 Å². The van der Waals surface area contributed by atoms with Crippen molar-refractivity contribution in [3.05, 3.63) is 12.2 Å². The van der Waals surface area contributed by atoms with Gasteiger partial charge in [-0.05, 0) is 32.4 Å². The predicted octanol–water partition coefficient (Wildman–Crippen LogP) is 4.20. The summed E-state index contributed by atoms with van der Waals surface area (Å²) in [5.41, 5.74) is 0.0800. The van der Waals surface area contributed by atoms with Crippen molar-refractivity contribution in [1.29, 1.82) is 0 Å². The maximum atomic E-state index is 12.0. The minimum atomic E-state index is -0.360. The molecule has 3 heteroatoms. The average molecular weight is 270 g/mol. The van der Waals surface area contributed by atoms with Crippen LogP contribution in [-0.2, 0) is 9.53 Å². The van der Waals surface area contributed by atoms with Crippen LogP contribution in [0.25, 0.3) is 0 Å². The van der Waals surface area contributed by atoms with Gasteiger partial charge in [-0.25, -0.2) is 4.79 Å². The quantitative estimate of drug-likeness (QED) is 0.568. The molecule has 1 aliphatic carbocycles. The Kier molecular flexibility index (Phi) is 4.93. The van der Waals surface area contributed by atoms with E-state index in [4.69, 9.17) is 4.74 Å². The van der Waals surface area contributed by atoms with Crippen molar-refractivity contribution in [3.63, 3.8) is 0 Å². The molecule has 0 aromatic rings. The highest BCUT2D eigenvalue weighted by molar-refractivity contribution is 7.99. The highest BCUT2D eigenvalue weighted by Crippen LogP contribution is 2.49. The van der Waals surface area contributed by atoms with Gasteiger partial charge in [0, 0.05) is 16.2 Å². The van der Waals surface area contributed by atoms with E-state index in [1.807, 2.05) is 11.8 Å². The van der Waals surface area contributed by atoms with Crippen LogP contribution in [0.15, 0.2) is 12.2 Å². The second kappa shape index (κ2) is 5.68. The molecular formula is C15H26O2S. The number of rotatable bonds is 3. The number of thioether (sulfide) groups is 1. The number of esters is 1. The third-order valence-electron chi connectivity index (χ3n) is 3.96. The molecule has 2 unspecified atom stereocenters. The zero-order valence-electron chi connectivity index (χ0n) is 12.3. The second-order valence-corrected chi connectivity index (χ2v) is 7.32. The van der Waals surface area contributed by atoms with Gasteiger partial charge in [-0.1, -0.05) is 33.8 Å². The van der Waals surface area contributed by atoms with Gasteiger partial charge in [0.1, 0.15) is 5.60 Å². The van der Waals surface area contributed by atoms with Crippen LogP contribution in [0.3, 0.4) is 0 Å². The van der Waals surface area contributed by atoms with Crippen molar-refractivity contribution in [1.82, 2.24) is 0 Å². The summed E-state index contributed by atoms with van der Waals surface area (Å²) in [5, 5.41) is 0.384. The summed E-state index contributed by atoms with van der Waals surface area (Å²) in [6, 6.07) is 0. The molecule has 2 atom stereocenters. The zero-order chi connectivity index (χ0) is 14.0. The molecule has 1 rings (SSSR count). The first-order valence-corrected chi connectivity index (χ1v) is 7.95. The van der Waals surface area contributed by atoms with Gasteiger partial charge in [-0.2, -0.15) is 11.8 Å². The van der Waals surface area contributed by atoms with Crippen LogP contribution < -0.4 is 0 Å². The molecular weight excluding hydrogens is 244 g/mol. The van der Waals surface area contributed by atoms with Crippen molar-refractivity contribution >= 4 is 17.7 Å². The SMILES string of the molecule is C=C(C)C(=O)OC1(C(C)(C)C)CCCCC1SC. The van der Waals surface area contributed by atoms with E-state index >= 15 is 0 Å². The van der Waals surface area contributed by atoms with Gasteiger partial charge in [-0.3, -0.25) is 0 Å². The Hall–Kier alpha value is -0.440.